The third-order valence-corrected chi connectivity index (χ3v) is 6.71. The Morgan fingerprint density at radius 1 is 1.26 bits per heavy atom. The standard InChI is InChI=1S/C27H26F3N9O4/c1-37-6-7-42-17(14-37)10-22(40)35-21-9-16(4-5-32-21)43-20-12-33-24-23(18(20)11-31)39(3)26(36-24)34-19-8-15(27(28,29)30)13-38(2)25(19)41/h4-5,8-9,12-13,17H,6-7,10,14H2,1-3H3,(H,32,35,40)(H,33,34,36). The first-order chi connectivity index (χ1) is 20.4. The molecule has 0 aromatic carbocycles. The highest BCUT2D eigenvalue weighted by Gasteiger charge is 2.32. The zero-order valence-corrected chi connectivity index (χ0v) is 23.3. The molecule has 1 fully saturated rings. The van der Waals surface area contributed by atoms with E-state index in [0.29, 0.717) is 25.4 Å². The summed E-state index contributed by atoms with van der Waals surface area (Å²) >= 11 is 0. The van der Waals surface area contributed by atoms with Crippen LogP contribution in [0.15, 0.2) is 41.6 Å². The first-order valence-corrected chi connectivity index (χ1v) is 13.0. The fraction of sp³-hybridized carbons (Fsp3) is 0.333. The highest BCUT2D eigenvalue weighted by atomic mass is 19.4. The number of nitrogens with one attached hydrogen (secondary N) is 2. The molecule has 16 heteroatoms. The number of amides is 1. The maximum atomic E-state index is 13.3. The lowest BCUT2D eigenvalue weighted by Crippen LogP contribution is -2.41. The number of imidazole rings is 1. The Bertz CT molecular complexity index is 1800. The summed E-state index contributed by atoms with van der Waals surface area (Å²) in [5.41, 5.74) is -1.76. The summed E-state index contributed by atoms with van der Waals surface area (Å²) in [4.78, 5) is 39.8. The second-order valence-electron chi connectivity index (χ2n) is 9.94. The number of ether oxygens (including phenoxy) is 2. The minimum atomic E-state index is -4.67. The number of carbonyl (C=O) groups excluding carboxylic acids is 1. The molecule has 13 nitrogen and oxygen atoms in total. The van der Waals surface area contributed by atoms with Crippen LogP contribution in [0.2, 0.25) is 0 Å². The van der Waals surface area contributed by atoms with Crippen LogP contribution >= 0.6 is 0 Å². The second kappa shape index (κ2) is 11.7. The van der Waals surface area contributed by atoms with E-state index in [-0.39, 0.29) is 64.1 Å². The number of aromatic nitrogens is 5. The summed E-state index contributed by atoms with van der Waals surface area (Å²) in [6, 6.07) is 5.75. The largest absolute Gasteiger partial charge is 0.454 e. The van der Waals surface area contributed by atoms with Gasteiger partial charge < -0.3 is 34.1 Å². The Hall–Kier alpha value is -5.01. The Kier molecular flexibility index (Phi) is 8.02. The smallest absolute Gasteiger partial charge is 0.417 e. The van der Waals surface area contributed by atoms with Gasteiger partial charge in [-0.3, -0.25) is 9.59 Å². The molecule has 1 aliphatic rings. The van der Waals surface area contributed by atoms with Crippen LogP contribution in [0.1, 0.15) is 17.5 Å². The molecule has 43 heavy (non-hydrogen) atoms. The number of aryl methyl sites for hydroxylation is 2. The number of carbonyl (C=O) groups is 1. The molecule has 1 saturated heterocycles. The minimum Gasteiger partial charge on any atom is -0.454 e. The molecule has 0 spiro atoms. The van der Waals surface area contributed by atoms with Crippen molar-refractivity contribution in [3.8, 4) is 17.6 Å². The Morgan fingerprint density at radius 3 is 2.77 bits per heavy atom. The quantitative estimate of drug-likeness (QED) is 0.325. The van der Waals surface area contributed by atoms with Gasteiger partial charge in [0.05, 0.1) is 30.9 Å². The lowest BCUT2D eigenvalue weighted by molar-refractivity contribution is -0.138. The fourth-order valence-electron chi connectivity index (χ4n) is 4.59. The average Bonchev–Trinajstić information content (AvgIpc) is 3.25. The van der Waals surface area contributed by atoms with Crippen molar-refractivity contribution in [2.24, 2.45) is 14.1 Å². The van der Waals surface area contributed by atoms with E-state index in [1.165, 1.54) is 43.2 Å². The molecular weight excluding hydrogens is 571 g/mol. The molecule has 1 aliphatic heterocycles. The third-order valence-electron chi connectivity index (χ3n) is 6.71. The van der Waals surface area contributed by atoms with Gasteiger partial charge in [0, 0.05) is 45.6 Å². The maximum Gasteiger partial charge on any atom is 0.417 e. The summed E-state index contributed by atoms with van der Waals surface area (Å²) in [5, 5.41) is 15.3. The van der Waals surface area contributed by atoms with Gasteiger partial charge in [0.2, 0.25) is 11.9 Å². The van der Waals surface area contributed by atoms with Gasteiger partial charge in [-0.2, -0.15) is 23.4 Å². The van der Waals surface area contributed by atoms with Gasteiger partial charge in [-0.25, -0.2) is 9.97 Å². The molecule has 0 radical (unpaired) electrons. The van der Waals surface area contributed by atoms with Crippen molar-refractivity contribution < 1.29 is 27.4 Å². The first-order valence-electron chi connectivity index (χ1n) is 13.0. The van der Waals surface area contributed by atoms with Crippen LogP contribution in [0, 0.1) is 11.3 Å². The Morgan fingerprint density at radius 2 is 2.05 bits per heavy atom. The first kappa shape index (κ1) is 29.5. The van der Waals surface area contributed by atoms with Crippen molar-refractivity contribution in [1.82, 2.24) is 29.0 Å². The van der Waals surface area contributed by atoms with Crippen molar-refractivity contribution in [1.29, 1.82) is 5.26 Å². The number of morpholine rings is 1. The van der Waals surface area contributed by atoms with E-state index in [0.717, 1.165) is 11.1 Å². The Labute approximate surface area is 242 Å². The number of fused-ring (bicyclic) bond motifs is 1. The van der Waals surface area contributed by atoms with Gasteiger partial charge in [0.15, 0.2) is 11.4 Å². The van der Waals surface area contributed by atoms with E-state index in [9.17, 15) is 28.0 Å². The zero-order valence-electron chi connectivity index (χ0n) is 23.3. The van der Waals surface area contributed by atoms with Crippen LogP contribution in [-0.4, -0.2) is 67.7 Å². The zero-order chi connectivity index (χ0) is 30.9. The molecule has 1 amide bonds. The van der Waals surface area contributed by atoms with Crippen LogP contribution in [0.4, 0.5) is 30.6 Å². The average molecular weight is 598 g/mol. The number of halogens is 3. The summed E-state index contributed by atoms with van der Waals surface area (Å²) in [6.07, 6.45) is -1.36. The molecule has 0 saturated carbocycles. The number of anilines is 3. The van der Waals surface area contributed by atoms with Crippen LogP contribution in [0.25, 0.3) is 11.2 Å². The highest BCUT2D eigenvalue weighted by Crippen LogP contribution is 2.33. The molecular formula is C27H26F3N9O4. The molecule has 0 bridgehead atoms. The number of likely N-dealkylation sites (N-methyl/N-ethyl adjacent to an activating group) is 1. The van der Waals surface area contributed by atoms with Crippen molar-refractivity contribution in [3.63, 3.8) is 0 Å². The molecule has 2 N–H and O–H groups in total. The van der Waals surface area contributed by atoms with E-state index in [1.807, 2.05) is 7.05 Å². The van der Waals surface area contributed by atoms with Crippen molar-refractivity contribution >= 4 is 34.5 Å². The van der Waals surface area contributed by atoms with Crippen LogP contribution in [-0.2, 0) is 29.8 Å². The van der Waals surface area contributed by atoms with E-state index >= 15 is 0 Å². The van der Waals surface area contributed by atoms with Crippen LogP contribution in [0.5, 0.6) is 11.5 Å². The molecule has 5 heterocycles. The number of rotatable bonds is 7. The number of pyridine rings is 3. The lowest BCUT2D eigenvalue weighted by Gasteiger charge is -2.29. The second-order valence-corrected chi connectivity index (χ2v) is 9.94. The van der Waals surface area contributed by atoms with E-state index in [4.69, 9.17) is 9.47 Å². The van der Waals surface area contributed by atoms with Gasteiger partial charge in [-0.05, 0) is 19.2 Å². The third kappa shape index (κ3) is 6.42. The summed E-state index contributed by atoms with van der Waals surface area (Å²) < 4.78 is 53.7. The summed E-state index contributed by atoms with van der Waals surface area (Å²) in [6.45, 7) is 1.99. The highest BCUT2D eigenvalue weighted by molar-refractivity contribution is 5.90. The summed E-state index contributed by atoms with van der Waals surface area (Å²) in [7, 11) is 4.67. The maximum absolute atomic E-state index is 13.3. The van der Waals surface area contributed by atoms with Crippen molar-refractivity contribution in [2.45, 2.75) is 18.7 Å². The number of hydrogen-bond acceptors (Lipinski definition) is 10. The molecule has 224 valence electrons. The predicted octanol–water partition coefficient (Wildman–Crippen LogP) is 3.15. The molecule has 4 aromatic heterocycles. The lowest BCUT2D eigenvalue weighted by atomic mass is 10.2. The van der Waals surface area contributed by atoms with Crippen LogP contribution in [0.3, 0.4) is 0 Å². The van der Waals surface area contributed by atoms with E-state index < -0.39 is 17.3 Å². The van der Waals surface area contributed by atoms with Gasteiger partial charge in [0.1, 0.15) is 34.4 Å². The molecule has 4 aromatic rings. The number of alkyl halides is 3. The number of nitriles is 1. The summed E-state index contributed by atoms with van der Waals surface area (Å²) in [5.74, 6) is 0.242. The molecule has 5 rings (SSSR count). The van der Waals surface area contributed by atoms with Crippen molar-refractivity contribution in [2.75, 3.05) is 37.4 Å². The Balaban J connectivity index is 1.38. The van der Waals surface area contributed by atoms with Gasteiger partial charge >= 0.3 is 6.18 Å². The van der Waals surface area contributed by atoms with E-state index in [1.54, 1.807) is 0 Å². The molecule has 1 atom stereocenters. The predicted molar refractivity (Wildman–Crippen MR) is 148 cm³/mol. The van der Waals surface area contributed by atoms with E-state index in [2.05, 4.69) is 36.6 Å². The minimum absolute atomic E-state index is 0.0189. The van der Waals surface area contributed by atoms with Crippen molar-refractivity contribution in [3.05, 3.63) is 58.3 Å². The van der Waals surface area contributed by atoms with Crippen LogP contribution < -0.4 is 20.9 Å². The van der Waals surface area contributed by atoms with Gasteiger partial charge in [-0.15, -0.1) is 0 Å². The molecule has 0 aliphatic carbocycles. The SMILES string of the molecule is CN1CCOC(CC(=O)Nc2cc(Oc3cnc4nc(Nc5cc(C(F)(F)F)cn(C)c5=O)n(C)c4c3C#N)ccn2)C1. The monoisotopic (exact) mass is 597 g/mol. The number of nitrogens with zero attached hydrogens (tertiary/aromatic N) is 7. The van der Waals surface area contributed by atoms with Gasteiger partial charge in [-0.1, -0.05) is 0 Å². The van der Waals surface area contributed by atoms with Gasteiger partial charge in [0.25, 0.3) is 5.56 Å². The fourth-order valence-corrected chi connectivity index (χ4v) is 4.59. The topological polar surface area (TPSA) is 152 Å². The normalized spacial score (nSPS) is 15.7. The molecule has 1 unspecified atom stereocenters. The number of hydrogen-bond donors (Lipinski definition) is 2.